The highest BCUT2D eigenvalue weighted by Crippen LogP contribution is 2.30. The summed E-state index contributed by atoms with van der Waals surface area (Å²) in [5.74, 6) is -3.21. The van der Waals surface area contributed by atoms with Gasteiger partial charge in [-0.05, 0) is 44.0 Å². The first-order chi connectivity index (χ1) is 11.0. The highest BCUT2D eigenvalue weighted by atomic mass is 16.5. The number of carboxylic acid groups (broad SMARTS) is 1. The molecule has 2 unspecified atom stereocenters. The number of aliphatic carboxylic acids is 1. The van der Waals surface area contributed by atoms with Crippen LogP contribution >= 0.6 is 0 Å². The van der Waals surface area contributed by atoms with Crippen LogP contribution in [0.4, 0.5) is 5.69 Å². The SMILES string of the molecule is CCOC(=O)c1ccc(NC(=O)C2CCCCC2C(=O)[O-])cc1. The first-order valence-electron chi connectivity index (χ1n) is 7.81. The van der Waals surface area contributed by atoms with Gasteiger partial charge in [-0.3, -0.25) is 4.79 Å². The summed E-state index contributed by atoms with van der Waals surface area (Å²) in [4.78, 5) is 35.0. The predicted octanol–water partition coefficient (Wildman–Crippen LogP) is 1.36. The Morgan fingerprint density at radius 1 is 1.13 bits per heavy atom. The molecule has 0 radical (unpaired) electrons. The van der Waals surface area contributed by atoms with Gasteiger partial charge in [0, 0.05) is 23.5 Å². The van der Waals surface area contributed by atoms with E-state index in [1.165, 1.54) is 0 Å². The van der Waals surface area contributed by atoms with Gasteiger partial charge in [0.2, 0.25) is 5.91 Å². The summed E-state index contributed by atoms with van der Waals surface area (Å²) in [5, 5.41) is 13.9. The molecule has 6 nitrogen and oxygen atoms in total. The maximum Gasteiger partial charge on any atom is 0.338 e. The highest BCUT2D eigenvalue weighted by Gasteiger charge is 2.31. The van der Waals surface area contributed by atoms with E-state index in [-0.39, 0.29) is 5.91 Å². The fourth-order valence-corrected chi connectivity index (χ4v) is 2.87. The summed E-state index contributed by atoms with van der Waals surface area (Å²) in [6.07, 6.45) is 2.66. The molecule has 6 heteroatoms. The van der Waals surface area contributed by atoms with Crippen LogP contribution < -0.4 is 10.4 Å². The number of anilines is 1. The van der Waals surface area contributed by atoms with Gasteiger partial charge in [-0.2, -0.15) is 0 Å². The Hall–Kier alpha value is -2.37. The minimum Gasteiger partial charge on any atom is -0.550 e. The molecular weight excluding hydrogens is 298 g/mol. The minimum atomic E-state index is -1.16. The van der Waals surface area contributed by atoms with E-state index in [0.29, 0.717) is 30.7 Å². The number of benzene rings is 1. The Morgan fingerprint density at radius 3 is 2.30 bits per heavy atom. The van der Waals surface area contributed by atoms with Crippen LogP contribution in [0, 0.1) is 11.8 Å². The van der Waals surface area contributed by atoms with Crippen LogP contribution in [0.3, 0.4) is 0 Å². The first kappa shape index (κ1) is 17.0. The maximum absolute atomic E-state index is 12.3. The molecule has 0 bridgehead atoms. The van der Waals surface area contributed by atoms with Crippen LogP contribution in [-0.4, -0.2) is 24.5 Å². The summed E-state index contributed by atoms with van der Waals surface area (Å²) < 4.78 is 4.89. The molecule has 1 amide bonds. The number of hydrogen-bond acceptors (Lipinski definition) is 5. The van der Waals surface area contributed by atoms with E-state index < -0.39 is 23.8 Å². The van der Waals surface area contributed by atoms with Gasteiger partial charge in [0.1, 0.15) is 0 Å². The third-order valence-electron chi connectivity index (χ3n) is 4.07. The molecule has 1 aliphatic carbocycles. The normalized spacial score (nSPS) is 20.6. The zero-order valence-corrected chi connectivity index (χ0v) is 13.0. The van der Waals surface area contributed by atoms with Crippen LogP contribution in [0.15, 0.2) is 24.3 Å². The molecule has 1 saturated carbocycles. The molecule has 0 aliphatic heterocycles. The molecule has 1 aliphatic rings. The summed E-state index contributed by atoms with van der Waals surface area (Å²) >= 11 is 0. The Balaban J connectivity index is 2.02. The Morgan fingerprint density at radius 2 is 1.74 bits per heavy atom. The molecule has 2 atom stereocenters. The topological polar surface area (TPSA) is 95.5 Å². The molecule has 124 valence electrons. The standard InChI is InChI=1S/C17H21NO5/c1-2-23-17(22)11-7-9-12(10-8-11)18-15(19)13-5-3-4-6-14(13)16(20)21/h7-10,13-14H,2-6H2,1H3,(H,18,19)(H,20,21)/p-1. The van der Waals surface area contributed by atoms with Crippen molar-refractivity contribution in [2.45, 2.75) is 32.6 Å². The number of rotatable bonds is 5. The zero-order chi connectivity index (χ0) is 16.8. The first-order valence-corrected chi connectivity index (χ1v) is 7.81. The number of nitrogens with one attached hydrogen (secondary N) is 1. The number of amides is 1. The largest absolute Gasteiger partial charge is 0.550 e. The lowest BCUT2D eigenvalue weighted by atomic mass is 9.78. The lowest BCUT2D eigenvalue weighted by Crippen LogP contribution is -2.42. The van der Waals surface area contributed by atoms with E-state index in [2.05, 4.69) is 5.32 Å². The van der Waals surface area contributed by atoms with Crippen LogP contribution in [0.25, 0.3) is 0 Å². The van der Waals surface area contributed by atoms with Gasteiger partial charge >= 0.3 is 5.97 Å². The van der Waals surface area contributed by atoms with E-state index in [9.17, 15) is 19.5 Å². The van der Waals surface area contributed by atoms with Crippen LogP contribution in [-0.2, 0) is 14.3 Å². The van der Waals surface area contributed by atoms with E-state index in [0.717, 1.165) is 12.8 Å². The number of carbonyl (C=O) groups is 3. The molecule has 1 aromatic rings. The van der Waals surface area contributed by atoms with Crippen molar-refractivity contribution in [2.24, 2.45) is 11.8 Å². The van der Waals surface area contributed by atoms with Crippen molar-refractivity contribution in [1.82, 2.24) is 0 Å². The minimum absolute atomic E-state index is 0.295. The second-order valence-corrected chi connectivity index (χ2v) is 5.60. The van der Waals surface area contributed by atoms with Crippen molar-refractivity contribution in [3.8, 4) is 0 Å². The van der Waals surface area contributed by atoms with Gasteiger partial charge < -0.3 is 20.0 Å². The van der Waals surface area contributed by atoms with Crippen LogP contribution in [0.2, 0.25) is 0 Å². The third kappa shape index (κ3) is 4.31. The Bertz CT molecular complexity index is 581. The lowest BCUT2D eigenvalue weighted by molar-refractivity contribution is -0.313. The summed E-state index contributed by atoms with van der Waals surface area (Å²) in [6, 6.07) is 6.32. The monoisotopic (exact) mass is 318 g/mol. The molecule has 0 spiro atoms. The number of esters is 1. The fourth-order valence-electron chi connectivity index (χ4n) is 2.87. The van der Waals surface area contributed by atoms with Gasteiger partial charge in [0.25, 0.3) is 0 Å². The van der Waals surface area contributed by atoms with E-state index in [1.54, 1.807) is 31.2 Å². The van der Waals surface area contributed by atoms with Gasteiger partial charge in [-0.1, -0.05) is 12.8 Å². The Labute approximate surface area is 134 Å². The second kappa shape index (κ2) is 7.76. The number of ether oxygens (including phenoxy) is 1. The van der Waals surface area contributed by atoms with Crippen molar-refractivity contribution in [3.05, 3.63) is 29.8 Å². The fraction of sp³-hybridized carbons (Fsp3) is 0.471. The van der Waals surface area contributed by atoms with Crippen molar-refractivity contribution in [2.75, 3.05) is 11.9 Å². The predicted molar refractivity (Wildman–Crippen MR) is 81.5 cm³/mol. The maximum atomic E-state index is 12.3. The molecule has 0 saturated heterocycles. The van der Waals surface area contributed by atoms with Crippen LogP contribution in [0.1, 0.15) is 43.0 Å². The summed E-state index contributed by atoms with van der Waals surface area (Å²) in [7, 11) is 0. The number of hydrogen-bond donors (Lipinski definition) is 1. The molecule has 0 aromatic heterocycles. The molecule has 23 heavy (non-hydrogen) atoms. The van der Waals surface area contributed by atoms with Crippen molar-refractivity contribution in [3.63, 3.8) is 0 Å². The second-order valence-electron chi connectivity index (χ2n) is 5.60. The number of carboxylic acids is 1. The van der Waals surface area contributed by atoms with E-state index >= 15 is 0 Å². The van der Waals surface area contributed by atoms with E-state index in [4.69, 9.17) is 4.74 Å². The Kier molecular flexibility index (Phi) is 5.73. The molecule has 1 aromatic carbocycles. The average Bonchev–Trinajstić information content (AvgIpc) is 2.55. The highest BCUT2D eigenvalue weighted by molar-refractivity contribution is 5.96. The zero-order valence-electron chi connectivity index (χ0n) is 13.0. The average molecular weight is 318 g/mol. The van der Waals surface area contributed by atoms with Gasteiger partial charge in [-0.25, -0.2) is 4.79 Å². The quantitative estimate of drug-likeness (QED) is 0.827. The van der Waals surface area contributed by atoms with Gasteiger partial charge in [0.05, 0.1) is 12.2 Å². The van der Waals surface area contributed by atoms with Gasteiger partial charge in [-0.15, -0.1) is 0 Å². The molecule has 1 fully saturated rings. The molecule has 0 heterocycles. The summed E-state index contributed by atoms with van der Waals surface area (Å²) in [6.45, 7) is 2.02. The molecule has 1 N–H and O–H groups in total. The van der Waals surface area contributed by atoms with Crippen molar-refractivity contribution < 1.29 is 24.2 Å². The smallest absolute Gasteiger partial charge is 0.338 e. The lowest BCUT2D eigenvalue weighted by Gasteiger charge is -2.31. The van der Waals surface area contributed by atoms with Crippen molar-refractivity contribution >= 4 is 23.5 Å². The van der Waals surface area contributed by atoms with E-state index in [1.807, 2.05) is 0 Å². The molecular formula is C17H20NO5-. The van der Waals surface area contributed by atoms with Crippen molar-refractivity contribution in [1.29, 1.82) is 0 Å². The third-order valence-corrected chi connectivity index (χ3v) is 4.07. The van der Waals surface area contributed by atoms with Crippen LogP contribution in [0.5, 0.6) is 0 Å². The molecule has 2 rings (SSSR count). The summed E-state index contributed by atoms with van der Waals surface area (Å²) in [5.41, 5.74) is 0.917. The van der Waals surface area contributed by atoms with Gasteiger partial charge in [0.15, 0.2) is 0 Å². The number of carbonyl (C=O) groups excluding carboxylic acids is 3.